The zero-order valence-corrected chi connectivity index (χ0v) is 11.6. The standard InChI is InChI=1S/C14H19N5O/c1-18(9-5-15)13-10-14(20)19(17-11-13)8-4-12-2-6-16-7-3-12/h2-3,6-7,10-11H,4-5,8-9,15H2,1H3. The molecule has 0 saturated heterocycles. The van der Waals surface area contributed by atoms with Gasteiger partial charge in [0.25, 0.3) is 5.56 Å². The topological polar surface area (TPSA) is 77.0 Å². The number of rotatable bonds is 6. The van der Waals surface area contributed by atoms with E-state index in [1.807, 2.05) is 24.1 Å². The number of hydrogen-bond donors (Lipinski definition) is 1. The number of nitrogens with zero attached hydrogens (tertiary/aromatic N) is 4. The van der Waals surface area contributed by atoms with Gasteiger partial charge < -0.3 is 10.6 Å². The first-order chi connectivity index (χ1) is 9.70. The normalized spacial score (nSPS) is 10.5. The molecule has 0 aliphatic heterocycles. The van der Waals surface area contributed by atoms with Crippen LogP contribution >= 0.6 is 0 Å². The van der Waals surface area contributed by atoms with Crippen LogP contribution in [-0.2, 0) is 13.0 Å². The molecule has 0 aliphatic rings. The van der Waals surface area contributed by atoms with E-state index in [-0.39, 0.29) is 5.56 Å². The first-order valence-corrected chi connectivity index (χ1v) is 6.58. The van der Waals surface area contributed by atoms with Crippen molar-refractivity contribution in [3.8, 4) is 0 Å². The van der Waals surface area contributed by atoms with Crippen LogP contribution in [0.2, 0.25) is 0 Å². The molecule has 0 amide bonds. The van der Waals surface area contributed by atoms with E-state index < -0.39 is 0 Å². The predicted octanol–water partition coefficient (Wildman–Crippen LogP) is 0.276. The van der Waals surface area contributed by atoms with Crippen molar-refractivity contribution in [1.82, 2.24) is 14.8 Å². The molecule has 0 aromatic carbocycles. The number of pyridine rings is 1. The van der Waals surface area contributed by atoms with Crippen LogP contribution in [0.1, 0.15) is 5.56 Å². The summed E-state index contributed by atoms with van der Waals surface area (Å²) < 4.78 is 1.47. The van der Waals surface area contributed by atoms with E-state index in [4.69, 9.17) is 5.73 Å². The van der Waals surface area contributed by atoms with E-state index in [0.717, 1.165) is 17.7 Å². The van der Waals surface area contributed by atoms with Gasteiger partial charge in [-0.15, -0.1) is 0 Å². The molecule has 0 fully saturated rings. The maximum atomic E-state index is 12.0. The van der Waals surface area contributed by atoms with Crippen molar-refractivity contribution in [3.63, 3.8) is 0 Å². The Labute approximate surface area is 117 Å². The molecule has 0 atom stereocenters. The molecular formula is C14H19N5O. The Kier molecular flexibility index (Phi) is 4.84. The first kappa shape index (κ1) is 14.2. The quantitative estimate of drug-likeness (QED) is 0.818. The van der Waals surface area contributed by atoms with E-state index in [2.05, 4.69) is 10.1 Å². The summed E-state index contributed by atoms with van der Waals surface area (Å²) in [5.41, 5.74) is 7.33. The lowest BCUT2D eigenvalue weighted by Crippen LogP contribution is -2.29. The number of aromatic nitrogens is 3. The summed E-state index contributed by atoms with van der Waals surface area (Å²) in [5.74, 6) is 0. The highest BCUT2D eigenvalue weighted by Gasteiger charge is 2.04. The van der Waals surface area contributed by atoms with Crippen molar-refractivity contribution >= 4 is 5.69 Å². The molecule has 2 rings (SSSR count). The number of hydrogen-bond acceptors (Lipinski definition) is 5. The molecule has 2 heterocycles. The van der Waals surface area contributed by atoms with Gasteiger partial charge in [-0.1, -0.05) is 0 Å². The van der Waals surface area contributed by atoms with Crippen molar-refractivity contribution in [2.24, 2.45) is 5.73 Å². The molecule has 0 unspecified atom stereocenters. The fourth-order valence-corrected chi connectivity index (χ4v) is 1.91. The van der Waals surface area contributed by atoms with E-state index in [1.54, 1.807) is 24.7 Å². The number of nitrogens with two attached hydrogens (primary N) is 1. The van der Waals surface area contributed by atoms with Crippen LogP contribution in [0, 0.1) is 0 Å². The van der Waals surface area contributed by atoms with Crippen molar-refractivity contribution in [2.75, 3.05) is 25.0 Å². The SMILES string of the molecule is CN(CCN)c1cnn(CCc2ccncc2)c(=O)c1. The summed E-state index contributed by atoms with van der Waals surface area (Å²) in [4.78, 5) is 17.9. The lowest BCUT2D eigenvalue weighted by atomic mass is 10.2. The fraction of sp³-hybridized carbons (Fsp3) is 0.357. The van der Waals surface area contributed by atoms with E-state index in [9.17, 15) is 4.79 Å². The van der Waals surface area contributed by atoms with Crippen LogP contribution < -0.4 is 16.2 Å². The van der Waals surface area contributed by atoms with Crippen LogP contribution in [0.5, 0.6) is 0 Å². The van der Waals surface area contributed by atoms with Crippen molar-refractivity contribution in [3.05, 3.63) is 52.7 Å². The minimum atomic E-state index is -0.0968. The average molecular weight is 273 g/mol. The van der Waals surface area contributed by atoms with Gasteiger partial charge in [-0.25, -0.2) is 4.68 Å². The van der Waals surface area contributed by atoms with Gasteiger partial charge in [0.15, 0.2) is 0 Å². The molecule has 106 valence electrons. The molecule has 0 radical (unpaired) electrons. The summed E-state index contributed by atoms with van der Waals surface area (Å²) in [5, 5.41) is 4.20. The molecule has 2 aromatic heterocycles. The second-order valence-corrected chi connectivity index (χ2v) is 4.59. The zero-order chi connectivity index (χ0) is 14.4. The zero-order valence-electron chi connectivity index (χ0n) is 11.6. The van der Waals surface area contributed by atoms with E-state index in [0.29, 0.717) is 19.6 Å². The minimum Gasteiger partial charge on any atom is -0.372 e. The molecule has 0 aliphatic carbocycles. The molecule has 6 heteroatoms. The highest BCUT2D eigenvalue weighted by Crippen LogP contribution is 2.06. The second-order valence-electron chi connectivity index (χ2n) is 4.59. The minimum absolute atomic E-state index is 0.0968. The van der Waals surface area contributed by atoms with Gasteiger partial charge >= 0.3 is 0 Å². The van der Waals surface area contributed by atoms with Gasteiger partial charge in [0.1, 0.15) is 0 Å². The maximum Gasteiger partial charge on any atom is 0.268 e. The molecule has 0 spiro atoms. The van der Waals surface area contributed by atoms with Crippen LogP contribution in [0.15, 0.2) is 41.6 Å². The average Bonchev–Trinajstić information content (AvgIpc) is 2.47. The van der Waals surface area contributed by atoms with Gasteiger partial charge in [-0.2, -0.15) is 5.10 Å². The Morgan fingerprint density at radius 1 is 1.35 bits per heavy atom. The molecule has 6 nitrogen and oxygen atoms in total. The van der Waals surface area contributed by atoms with Gasteiger partial charge in [0, 0.05) is 45.1 Å². The lowest BCUT2D eigenvalue weighted by molar-refractivity contribution is 0.577. The summed E-state index contributed by atoms with van der Waals surface area (Å²) in [6.45, 7) is 1.80. The summed E-state index contributed by atoms with van der Waals surface area (Å²) in [7, 11) is 1.89. The monoisotopic (exact) mass is 273 g/mol. The number of aryl methyl sites for hydroxylation is 2. The maximum absolute atomic E-state index is 12.0. The third-order valence-corrected chi connectivity index (χ3v) is 3.12. The molecule has 2 aromatic rings. The lowest BCUT2D eigenvalue weighted by Gasteiger charge is -2.17. The second kappa shape index (κ2) is 6.81. The van der Waals surface area contributed by atoms with E-state index >= 15 is 0 Å². The Morgan fingerprint density at radius 2 is 2.10 bits per heavy atom. The van der Waals surface area contributed by atoms with Gasteiger partial charge in [0.05, 0.1) is 11.9 Å². The Bertz CT molecular complexity index is 596. The Balaban J connectivity index is 2.05. The van der Waals surface area contributed by atoms with Crippen molar-refractivity contribution in [1.29, 1.82) is 0 Å². The van der Waals surface area contributed by atoms with Gasteiger partial charge in [0.2, 0.25) is 0 Å². The van der Waals surface area contributed by atoms with Crippen LogP contribution in [0.4, 0.5) is 5.69 Å². The molecular weight excluding hydrogens is 254 g/mol. The summed E-state index contributed by atoms with van der Waals surface area (Å²) in [6, 6.07) is 5.47. The number of likely N-dealkylation sites (N-methyl/N-ethyl adjacent to an activating group) is 1. The largest absolute Gasteiger partial charge is 0.372 e. The fourth-order valence-electron chi connectivity index (χ4n) is 1.91. The molecule has 20 heavy (non-hydrogen) atoms. The van der Waals surface area contributed by atoms with Crippen LogP contribution in [-0.4, -0.2) is 34.9 Å². The number of anilines is 1. The van der Waals surface area contributed by atoms with Crippen molar-refractivity contribution in [2.45, 2.75) is 13.0 Å². The van der Waals surface area contributed by atoms with Gasteiger partial charge in [-0.05, 0) is 24.1 Å². The summed E-state index contributed by atoms with van der Waals surface area (Å²) in [6.07, 6.45) is 5.95. The van der Waals surface area contributed by atoms with Crippen LogP contribution in [0.3, 0.4) is 0 Å². The van der Waals surface area contributed by atoms with Gasteiger partial charge in [-0.3, -0.25) is 9.78 Å². The Morgan fingerprint density at radius 3 is 2.75 bits per heavy atom. The highest BCUT2D eigenvalue weighted by molar-refractivity contribution is 5.41. The van der Waals surface area contributed by atoms with Crippen LogP contribution in [0.25, 0.3) is 0 Å². The highest BCUT2D eigenvalue weighted by atomic mass is 16.1. The third kappa shape index (κ3) is 3.64. The third-order valence-electron chi connectivity index (χ3n) is 3.12. The summed E-state index contributed by atoms with van der Waals surface area (Å²) >= 11 is 0. The van der Waals surface area contributed by atoms with E-state index in [1.165, 1.54) is 4.68 Å². The molecule has 2 N–H and O–H groups in total. The molecule has 0 saturated carbocycles. The smallest absolute Gasteiger partial charge is 0.268 e. The Hall–Kier alpha value is -2.21. The molecule has 0 bridgehead atoms. The first-order valence-electron chi connectivity index (χ1n) is 6.58. The predicted molar refractivity (Wildman–Crippen MR) is 78.8 cm³/mol. The van der Waals surface area contributed by atoms with Crippen molar-refractivity contribution < 1.29 is 0 Å².